The Morgan fingerprint density at radius 2 is 2.05 bits per heavy atom. The first-order valence-electron chi connectivity index (χ1n) is 8.98. The number of carbonyl (C=O) groups is 1. The van der Waals surface area contributed by atoms with Crippen LogP contribution in [0.3, 0.4) is 0 Å². The second-order valence-corrected chi connectivity index (χ2v) is 8.25. The van der Waals surface area contributed by atoms with Crippen LogP contribution in [-0.4, -0.2) is 5.78 Å². The van der Waals surface area contributed by atoms with Gasteiger partial charge in [-0.3, -0.25) is 4.79 Å². The quantitative estimate of drug-likeness (QED) is 0.667. The van der Waals surface area contributed by atoms with Crippen LogP contribution in [0, 0.1) is 35.0 Å². The number of hydrogen-bond donors (Lipinski definition) is 0. The molecule has 6 atom stereocenters. The van der Waals surface area contributed by atoms with Crippen LogP contribution in [0.2, 0.25) is 0 Å². The van der Waals surface area contributed by atoms with Gasteiger partial charge in [0.05, 0.1) is 0 Å². The van der Waals surface area contributed by atoms with Gasteiger partial charge in [-0.25, -0.2) is 0 Å². The lowest BCUT2D eigenvalue weighted by atomic mass is 9.52. The normalized spacial score (nSPS) is 48.1. The zero-order chi connectivity index (χ0) is 14.6. The molecule has 114 valence electrons. The summed E-state index contributed by atoms with van der Waals surface area (Å²) in [4.78, 5) is 12.1. The standard InChI is InChI=1S/C20H28O/c1-13(21)18-9-10-19-17-8-7-14-5-3-4-6-15(14)16(17)11-12-20(18,19)2/h3,5,7,15-19H,4,6,8-12H2,1-2H3/t15-,16+,17+,18-,19+,20+/m0/s1. The van der Waals surface area contributed by atoms with E-state index in [-0.39, 0.29) is 0 Å². The molecule has 0 aromatic heterocycles. The predicted molar refractivity (Wildman–Crippen MR) is 85.8 cm³/mol. The summed E-state index contributed by atoms with van der Waals surface area (Å²) in [7, 11) is 0. The van der Waals surface area contributed by atoms with Crippen molar-refractivity contribution in [1.29, 1.82) is 0 Å². The molecule has 2 fully saturated rings. The van der Waals surface area contributed by atoms with E-state index >= 15 is 0 Å². The van der Waals surface area contributed by atoms with Crippen molar-refractivity contribution in [2.45, 2.75) is 58.8 Å². The van der Waals surface area contributed by atoms with Crippen molar-refractivity contribution in [1.82, 2.24) is 0 Å². The van der Waals surface area contributed by atoms with Crippen molar-refractivity contribution >= 4 is 5.78 Å². The summed E-state index contributed by atoms with van der Waals surface area (Å²) in [6.45, 7) is 4.27. The topological polar surface area (TPSA) is 17.1 Å². The molecule has 0 bridgehead atoms. The summed E-state index contributed by atoms with van der Waals surface area (Å²) >= 11 is 0. The van der Waals surface area contributed by atoms with E-state index < -0.39 is 0 Å². The van der Waals surface area contributed by atoms with Crippen molar-refractivity contribution < 1.29 is 4.79 Å². The van der Waals surface area contributed by atoms with Crippen LogP contribution < -0.4 is 0 Å². The van der Waals surface area contributed by atoms with Crippen LogP contribution >= 0.6 is 0 Å². The van der Waals surface area contributed by atoms with Gasteiger partial charge in [-0.1, -0.05) is 25.2 Å². The molecule has 0 aromatic carbocycles. The molecule has 0 aliphatic heterocycles. The number of fused-ring (bicyclic) bond motifs is 5. The minimum atomic E-state index is 0.308. The minimum absolute atomic E-state index is 0.308. The van der Waals surface area contributed by atoms with Gasteiger partial charge in [0.15, 0.2) is 0 Å². The highest BCUT2D eigenvalue weighted by molar-refractivity contribution is 5.79. The fraction of sp³-hybridized carbons (Fsp3) is 0.750. The first-order valence-corrected chi connectivity index (χ1v) is 8.98. The molecule has 4 rings (SSSR count). The summed E-state index contributed by atoms with van der Waals surface area (Å²) in [6, 6.07) is 0. The minimum Gasteiger partial charge on any atom is -0.300 e. The summed E-state index contributed by atoms with van der Waals surface area (Å²) in [5.41, 5.74) is 1.94. The predicted octanol–water partition coefficient (Wildman–Crippen LogP) is 4.93. The number of Topliss-reactive ketones (excluding diaryl/α,β-unsaturated/α-hetero) is 1. The highest BCUT2D eigenvalue weighted by Crippen LogP contribution is 2.62. The zero-order valence-corrected chi connectivity index (χ0v) is 13.5. The fourth-order valence-corrected chi connectivity index (χ4v) is 6.56. The summed E-state index contributed by atoms with van der Waals surface area (Å²) < 4.78 is 0. The van der Waals surface area contributed by atoms with Gasteiger partial charge in [0.1, 0.15) is 5.78 Å². The van der Waals surface area contributed by atoms with Gasteiger partial charge in [0.2, 0.25) is 0 Å². The molecule has 0 heterocycles. The summed E-state index contributed by atoms with van der Waals surface area (Å²) in [5, 5.41) is 0. The second kappa shape index (κ2) is 4.83. The van der Waals surface area contributed by atoms with Crippen molar-refractivity contribution in [2.75, 3.05) is 0 Å². The van der Waals surface area contributed by atoms with E-state index in [2.05, 4.69) is 25.2 Å². The Morgan fingerprint density at radius 3 is 2.86 bits per heavy atom. The van der Waals surface area contributed by atoms with Gasteiger partial charge in [-0.15, -0.1) is 0 Å². The van der Waals surface area contributed by atoms with E-state index in [0.29, 0.717) is 17.1 Å². The van der Waals surface area contributed by atoms with E-state index in [1.165, 1.54) is 38.5 Å². The highest BCUT2D eigenvalue weighted by Gasteiger charge is 2.56. The van der Waals surface area contributed by atoms with E-state index in [1.807, 2.05) is 6.92 Å². The number of allylic oxidation sites excluding steroid dienone is 4. The monoisotopic (exact) mass is 284 g/mol. The number of hydrogen-bond acceptors (Lipinski definition) is 1. The molecular formula is C20H28O. The molecule has 1 heteroatoms. The average molecular weight is 284 g/mol. The van der Waals surface area contributed by atoms with Gasteiger partial charge < -0.3 is 0 Å². The third kappa shape index (κ3) is 1.92. The molecule has 0 amide bonds. The van der Waals surface area contributed by atoms with Crippen LogP contribution in [0.1, 0.15) is 58.8 Å². The molecule has 1 nitrogen and oxygen atoms in total. The first-order chi connectivity index (χ1) is 10.1. The second-order valence-electron chi connectivity index (χ2n) is 8.25. The van der Waals surface area contributed by atoms with Crippen LogP contribution in [0.5, 0.6) is 0 Å². The first kappa shape index (κ1) is 13.8. The van der Waals surface area contributed by atoms with Crippen molar-refractivity contribution in [3.63, 3.8) is 0 Å². The maximum atomic E-state index is 12.1. The number of carbonyl (C=O) groups excluding carboxylic acids is 1. The van der Waals surface area contributed by atoms with Crippen molar-refractivity contribution in [3.8, 4) is 0 Å². The Labute approximate surface area is 128 Å². The van der Waals surface area contributed by atoms with E-state index in [0.717, 1.165) is 30.1 Å². The van der Waals surface area contributed by atoms with Gasteiger partial charge in [0, 0.05) is 5.92 Å². The van der Waals surface area contributed by atoms with Gasteiger partial charge in [-0.05, 0) is 86.5 Å². The molecule has 0 saturated heterocycles. The Balaban J connectivity index is 1.65. The lowest BCUT2D eigenvalue weighted by molar-refractivity contribution is -0.126. The SMILES string of the molecule is CC(=O)[C@@H]1CC[C@@H]2[C@@H]3CC=C4C=CCC[C@@H]4[C@H]3CC[C@@]21C. The zero-order valence-electron chi connectivity index (χ0n) is 13.5. The largest absolute Gasteiger partial charge is 0.300 e. The van der Waals surface area contributed by atoms with Crippen LogP contribution in [-0.2, 0) is 4.79 Å². The lowest BCUT2D eigenvalue weighted by Gasteiger charge is -2.52. The molecular weight excluding hydrogens is 256 g/mol. The maximum absolute atomic E-state index is 12.1. The number of rotatable bonds is 1. The van der Waals surface area contributed by atoms with Crippen LogP contribution in [0.15, 0.2) is 23.8 Å². The highest BCUT2D eigenvalue weighted by atomic mass is 16.1. The Bertz CT molecular complexity index is 514. The fourth-order valence-electron chi connectivity index (χ4n) is 6.56. The molecule has 21 heavy (non-hydrogen) atoms. The third-order valence-electron chi connectivity index (χ3n) is 7.51. The average Bonchev–Trinajstić information content (AvgIpc) is 2.84. The smallest absolute Gasteiger partial charge is 0.133 e. The maximum Gasteiger partial charge on any atom is 0.133 e. The molecule has 0 aromatic rings. The Hall–Kier alpha value is -0.850. The third-order valence-corrected chi connectivity index (χ3v) is 7.51. The summed E-state index contributed by atoms with van der Waals surface area (Å²) in [6.07, 6.45) is 16.3. The summed E-state index contributed by atoms with van der Waals surface area (Å²) in [5.74, 6) is 4.18. The van der Waals surface area contributed by atoms with Crippen LogP contribution in [0.25, 0.3) is 0 Å². The van der Waals surface area contributed by atoms with Crippen molar-refractivity contribution in [2.24, 2.45) is 35.0 Å². The van der Waals surface area contributed by atoms with Gasteiger partial charge >= 0.3 is 0 Å². The van der Waals surface area contributed by atoms with Gasteiger partial charge in [0.25, 0.3) is 0 Å². The van der Waals surface area contributed by atoms with E-state index in [1.54, 1.807) is 5.57 Å². The molecule has 0 unspecified atom stereocenters. The van der Waals surface area contributed by atoms with Gasteiger partial charge in [-0.2, -0.15) is 0 Å². The molecule has 4 aliphatic rings. The number of ketones is 1. The Morgan fingerprint density at radius 1 is 1.19 bits per heavy atom. The molecule has 0 N–H and O–H groups in total. The van der Waals surface area contributed by atoms with E-state index in [9.17, 15) is 4.79 Å². The molecule has 4 aliphatic carbocycles. The molecule has 2 saturated carbocycles. The molecule has 0 spiro atoms. The van der Waals surface area contributed by atoms with E-state index in [4.69, 9.17) is 0 Å². The Kier molecular flexibility index (Phi) is 3.17. The van der Waals surface area contributed by atoms with Crippen LogP contribution in [0.4, 0.5) is 0 Å². The molecule has 0 radical (unpaired) electrons. The van der Waals surface area contributed by atoms with Crippen molar-refractivity contribution in [3.05, 3.63) is 23.8 Å². The lowest BCUT2D eigenvalue weighted by Crippen LogP contribution is -2.46.